The molecule has 0 aromatic carbocycles. The van der Waals surface area contributed by atoms with Crippen molar-refractivity contribution >= 4 is 5.95 Å². The van der Waals surface area contributed by atoms with E-state index < -0.39 is 5.92 Å². The standard InChI is InChI=1S/C18H22F2N6O/c1-10-5-9-26(10)17-22-13(12-2-6-18(19,20)14(12)23-17)15-24-16(27-25-15)11-3-7-21-8-4-11/h10-11,21H,2-9H2,1H3/t10-/m0/s1. The number of hydrogen-bond donors (Lipinski definition) is 1. The topological polar surface area (TPSA) is 80.0 Å². The van der Waals surface area contributed by atoms with Crippen molar-refractivity contribution in [3.8, 4) is 11.5 Å². The van der Waals surface area contributed by atoms with Gasteiger partial charge < -0.3 is 14.7 Å². The molecule has 0 radical (unpaired) electrons. The molecule has 0 saturated carbocycles. The quantitative estimate of drug-likeness (QED) is 0.882. The molecule has 0 bridgehead atoms. The number of alkyl halides is 2. The molecule has 2 aromatic rings. The van der Waals surface area contributed by atoms with Gasteiger partial charge in [0.15, 0.2) is 0 Å². The smallest absolute Gasteiger partial charge is 0.290 e. The Balaban J connectivity index is 1.56. The van der Waals surface area contributed by atoms with Crippen molar-refractivity contribution in [2.45, 2.75) is 56.9 Å². The van der Waals surface area contributed by atoms with Crippen LogP contribution in [0.15, 0.2) is 4.52 Å². The van der Waals surface area contributed by atoms with Gasteiger partial charge in [-0.15, -0.1) is 0 Å². The molecule has 2 aromatic heterocycles. The molecule has 1 N–H and O–H groups in total. The molecule has 0 spiro atoms. The van der Waals surface area contributed by atoms with Crippen molar-refractivity contribution in [1.82, 2.24) is 25.4 Å². The Bertz CT molecular complexity index is 864. The normalized spacial score (nSPS) is 24.7. The second-order valence-corrected chi connectivity index (χ2v) is 7.72. The summed E-state index contributed by atoms with van der Waals surface area (Å²) >= 11 is 0. The van der Waals surface area contributed by atoms with Gasteiger partial charge in [-0.1, -0.05) is 5.16 Å². The summed E-state index contributed by atoms with van der Waals surface area (Å²) in [6.07, 6.45) is 2.84. The minimum atomic E-state index is -2.93. The lowest BCUT2D eigenvalue weighted by molar-refractivity contribution is -0.00595. The van der Waals surface area contributed by atoms with E-state index >= 15 is 0 Å². The van der Waals surface area contributed by atoms with E-state index in [9.17, 15) is 8.78 Å². The minimum absolute atomic E-state index is 0.171. The summed E-state index contributed by atoms with van der Waals surface area (Å²) in [5.41, 5.74) is 0.680. The van der Waals surface area contributed by atoms with E-state index in [4.69, 9.17) is 4.52 Å². The number of fused-ring (bicyclic) bond motifs is 1. The molecule has 27 heavy (non-hydrogen) atoms. The zero-order valence-electron chi connectivity index (χ0n) is 15.2. The predicted octanol–water partition coefficient (Wildman–Crippen LogP) is 2.63. The van der Waals surface area contributed by atoms with Gasteiger partial charge in [0.2, 0.25) is 17.7 Å². The van der Waals surface area contributed by atoms with Gasteiger partial charge >= 0.3 is 0 Å². The van der Waals surface area contributed by atoms with Crippen LogP contribution in [0.3, 0.4) is 0 Å². The van der Waals surface area contributed by atoms with Crippen LogP contribution in [0.4, 0.5) is 14.7 Å². The van der Waals surface area contributed by atoms with Gasteiger partial charge in [-0.25, -0.2) is 9.97 Å². The molecule has 0 unspecified atom stereocenters. The van der Waals surface area contributed by atoms with Gasteiger partial charge in [0.25, 0.3) is 5.92 Å². The van der Waals surface area contributed by atoms with E-state index in [0.717, 1.165) is 38.9 Å². The predicted molar refractivity (Wildman–Crippen MR) is 93.8 cm³/mol. The first-order valence-electron chi connectivity index (χ1n) is 9.63. The first-order chi connectivity index (χ1) is 13.0. The maximum atomic E-state index is 14.4. The van der Waals surface area contributed by atoms with Gasteiger partial charge in [0.1, 0.15) is 11.4 Å². The molecule has 1 atom stereocenters. The number of hydrogen-bond acceptors (Lipinski definition) is 7. The first kappa shape index (κ1) is 17.0. The first-order valence-corrected chi connectivity index (χ1v) is 9.63. The van der Waals surface area contributed by atoms with Crippen LogP contribution >= 0.6 is 0 Å². The van der Waals surface area contributed by atoms with Crippen molar-refractivity contribution in [3.63, 3.8) is 0 Å². The Kier molecular flexibility index (Phi) is 3.89. The van der Waals surface area contributed by atoms with Crippen LogP contribution in [0.5, 0.6) is 0 Å². The molecule has 1 aliphatic carbocycles. The van der Waals surface area contributed by atoms with Gasteiger partial charge in [-0.05, 0) is 45.7 Å². The molecule has 0 amide bonds. The van der Waals surface area contributed by atoms with E-state index in [0.29, 0.717) is 28.9 Å². The highest BCUT2D eigenvalue weighted by Gasteiger charge is 2.44. The van der Waals surface area contributed by atoms with Crippen molar-refractivity contribution in [2.75, 3.05) is 24.5 Å². The summed E-state index contributed by atoms with van der Waals surface area (Å²) in [7, 11) is 0. The lowest BCUT2D eigenvalue weighted by Crippen LogP contribution is -2.47. The third kappa shape index (κ3) is 2.79. The van der Waals surface area contributed by atoms with E-state index in [1.807, 2.05) is 11.8 Å². The Morgan fingerprint density at radius 2 is 1.96 bits per heavy atom. The van der Waals surface area contributed by atoms with Crippen LogP contribution in [-0.2, 0) is 12.3 Å². The number of rotatable bonds is 3. The average molecular weight is 376 g/mol. The number of piperidine rings is 1. The van der Waals surface area contributed by atoms with E-state index in [2.05, 4.69) is 25.4 Å². The van der Waals surface area contributed by atoms with Crippen molar-refractivity contribution in [2.24, 2.45) is 0 Å². The van der Waals surface area contributed by atoms with Gasteiger partial charge in [0.05, 0.1) is 0 Å². The molecule has 2 aliphatic heterocycles. The lowest BCUT2D eigenvalue weighted by atomic mass is 9.98. The van der Waals surface area contributed by atoms with Crippen molar-refractivity contribution < 1.29 is 13.3 Å². The van der Waals surface area contributed by atoms with Crippen LogP contribution in [0.2, 0.25) is 0 Å². The fourth-order valence-electron chi connectivity index (χ4n) is 4.10. The summed E-state index contributed by atoms with van der Waals surface area (Å²) < 4.78 is 34.3. The molecule has 4 heterocycles. The van der Waals surface area contributed by atoms with Crippen molar-refractivity contribution in [1.29, 1.82) is 0 Å². The fourth-order valence-corrected chi connectivity index (χ4v) is 4.10. The highest BCUT2D eigenvalue weighted by atomic mass is 19.3. The molecule has 144 valence electrons. The maximum absolute atomic E-state index is 14.4. The minimum Gasteiger partial charge on any atom is -0.339 e. The molecule has 2 saturated heterocycles. The number of anilines is 1. The second kappa shape index (κ2) is 6.19. The molecular formula is C18H22F2N6O. The summed E-state index contributed by atoms with van der Waals surface area (Å²) in [6.45, 7) is 4.64. The number of aromatic nitrogens is 4. The molecule has 5 rings (SSSR count). The highest BCUT2D eigenvalue weighted by molar-refractivity contribution is 5.61. The van der Waals surface area contributed by atoms with Crippen LogP contribution in [-0.4, -0.2) is 45.8 Å². The van der Waals surface area contributed by atoms with Crippen LogP contribution < -0.4 is 10.2 Å². The largest absolute Gasteiger partial charge is 0.339 e. The van der Waals surface area contributed by atoms with Crippen LogP contribution in [0.1, 0.15) is 55.7 Å². The Morgan fingerprint density at radius 3 is 2.67 bits per heavy atom. The molecular weight excluding hydrogens is 354 g/mol. The Hall–Kier alpha value is -2.16. The van der Waals surface area contributed by atoms with Crippen LogP contribution in [0, 0.1) is 0 Å². The van der Waals surface area contributed by atoms with Gasteiger partial charge in [0, 0.05) is 30.5 Å². The molecule has 9 heteroatoms. The monoisotopic (exact) mass is 376 g/mol. The summed E-state index contributed by atoms with van der Waals surface area (Å²) in [4.78, 5) is 15.3. The second-order valence-electron chi connectivity index (χ2n) is 7.72. The fraction of sp³-hybridized carbons (Fsp3) is 0.667. The van der Waals surface area contributed by atoms with E-state index in [1.54, 1.807) is 0 Å². The molecule has 7 nitrogen and oxygen atoms in total. The maximum Gasteiger partial charge on any atom is 0.290 e. The Labute approximate surface area is 155 Å². The number of nitrogens with zero attached hydrogens (tertiary/aromatic N) is 5. The van der Waals surface area contributed by atoms with Crippen molar-refractivity contribution in [3.05, 3.63) is 17.1 Å². The average Bonchev–Trinajstić information content (AvgIpc) is 3.26. The third-order valence-corrected chi connectivity index (χ3v) is 5.95. The van der Waals surface area contributed by atoms with Gasteiger partial charge in [-0.2, -0.15) is 13.8 Å². The molecule has 3 aliphatic rings. The van der Waals surface area contributed by atoms with E-state index in [1.165, 1.54) is 0 Å². The molecule has 2 fully saturated rings. The summed E-state index contributed by atoms with van der Waals surface area (Å²) in [6, 6.07) is 0.251. The zero-order chi connectivity index (χ0) is 18.6. The van der Waals surface area contributed by atoms with Gasteiger partial charge in [-0.3, -0.25) is 0 Å². The zero-order valence-corrected chi connectivity index (χ0v) is 15.2. The summed E-state index contributed by atoms with van der Waals surface area (Å²) in [5, 5.41) is 7.39. The summed E-state index contributed by atoms with van der Waals surface area (Å²) in [5.74, 6) is -1.51. The van der Waals surface area contributed by atoms with Crippen LogP contribution in [0.25, 0.3) is 11.5 Å². The Morgan fingerprint density at radius 1 is 1.15 bits per heavy atom. The highest BCUT2D eigenvalue weighted by Crippen LogP contribution is 2.44. The SMILES string of the molecule is C[C@H]1CCN1c1nc(-c2noc(C3CCNCC3)n2)c2c(n1)C(F)(F)CC2. The number of halogens is 2. The van der Waals surface area contributed by atoms with E-state index in [-0.39, 0.29) is 30.5 Å². The third-order valence-electron chi connectivity index (χ3n) is 5.95. The lowest BCUT2D eigenvalue weighted by Gasteiger charge is -2.39. The number of nitrogens with one attached hydrogen (secondary N) is 1.